The highest BCUT2D eigenvalue weighted by molar-refractivity contribution is 6.45. The standard InChI is InChI=1S/C31H31FN12O4/c32-21-18-35-26(22-16-23(37-36-22)29(47)33-9-5-11-41-10-4-8-24(41)45)27-25(21)20(17-34-27)28(46)30(48)42-12-14-43(15-13-42)31-38-39-40-44(31)19-6-2-1-3-7-19/h1-3,6-7,16-18,34H,4-5,8-15H2,(H,33,47)(H,36,37). The molecular weight excluding hydrogens is 623 g/mol. The molecule has 2 aliphatic heterocycles. The SMILES string of the molecule is O=C(NCCCN1CCCC1=O)c1cc(-c2ncc(F)c3c(C(=O)C(=O)N4CCN(c5nnnn5-c5ccccc5)CC4)c[nH]c23)n[nH]1. The Bertz CT molecular complexity index is 2000. The highest BCUT2D eigenvalue weighted by Crippen LogP contribution is 2.30. The zero-order chi connectivity index (χ0) is 33.2. The van der Waals surface area contributed by atoms with E-state index in [0.29, 0.717) is 45.0 Å². The van der Waals surface area contributed by atoms with Crippen molar-refractivity contribution in [1.82, 2.24) is 55.5 Å². The van der Waals surface area contributed by atoms with Gasteiger partial charge in [-0.25, -0.2) is 9.37 Å². The molecule has 16 nitrogen and oxygen atoms in total. The van der Waals surface area contributed by atoms with Gasteiger partial charge in [0.2, 0.25) is 11.9 Å². The van der Waals surface area contributed by atoms with Crippen LogP contribution in [0.25, 0.3) is 28.0 Å². The van der Waals surface area contributed by atoms with Gasteiger partial charge in [-0.3, -0.25) is 24.3 Å². The minimum atomic E-state index is -0.863. The van der Waals surface area contributed by atoms with E-state index in [1.807, 2.05) is 35.2 Å². The number of amides is 3. The van der Waals surface area contributed by atoms with Gasteiger partial charge in [0.15, 0.2) is 5.82 Å². The van der Waals surface area contributed by atoms with Crippen LogP contribution in [0.3, 0.4) is 0 Å². The molecule has 0 atom stereocenters. The maximum atomic E-state index is 15.2. The van der Waals surface area contributed by atoms with Gasteiger partial charge >= 0.3 is 0 Å². The number of pyridine rings is 1. The number of aromatic amines is 2. The predicted octanol–water partition coefficient (Wildman–Crippen LogP) is 1.34. The molecule has 0 spiro atoms. The van der Waals surface area contributed by atoms with Crippen LogP contribution >= 0.6 is 0 Å². The van der Waals surface area contributed by atoms with Gasteiger partial charge < -0.3 is 25.0 Å². The summed E-state index contributed by atoms with van der Waals surface area (Å²) in [6, 6.07) is 10.9. The first kappa shape index (κ1) is 30.6. The molecule has 2 aliphatic rings. The summed E-state index contributed by atoms with van der Waals surface area (Å²) in [4.78, 5) is 63.4. The number of carbonyl (C=O) groups is 4. The lowest BCUT2D eigenvalue weighted by atomic mass is 10.1. The summed E-state index contributed by atoms with van der Waals surface area (Å²) in [6.07, 6.45) is 4.28. The first-order chi connectivity index (χ1) is 23.4. The van der Waals surface area contributed by atoms with Crippen LogP contribution in [0.15, 0.2) is 48.8 Å². The zero-order valence-electron chi connectivity index (χ0n) is 25.7. The van der Waals surface area contributed by atoms with Crippen LogP contribution in [0.4, 0.5) is 10.3 Å². The van der Waals surface area contributed by atoms with E-state index in [2.05, 4.69) is 41.0 Å². The number of piperazine rings is 1. The number of aromatic nitrogens is 8. The van der Waals surface area contributed by atoms with Gasteiger partial charge in [0.05, 0.1) is 28.4 Å². The quantitative estimate of drug-likeness (QED) is 0.113. The highest BCUT2D eigenvalue weighted by Gasteiger charge is 2.31. The Balaban J connectivity index is 1.01. The zero-order valence-corrected chi connectivity index (χ0v) is 25.7. The molecule has 6 heterocycles. The number of benzene rings is 1. The number of tetrazole rings is 1. The molecule has 48 heavy (non-hydrogen) atoms. The summed E-state index contributed by atoms with van der Waals surface area (Å²) in [6.45, 7) is 2.93. The maximum absolute atomic E-state index is 15.2. The van der Waals surface area contributed by atoms with Gasteiger partial charge in [0.1, 0.15) is 17.1 Å². The molecule has 1 aromatic carbocycles. The van der Waals surface area contributed by atoms with E-state index in [0.717, 1.165) is 24.8 Å². The number of hydrogen-bond acceptors (Lipinski definition) is 10. The summed E-state index contributed by atoms with van der Waals surface area (Å²) < 4.78 is 16.8. The summed E-state index contributed by atoms with van der Waals surface area (Å²) in [5, 5.41) is 21.6. The van der Waals surface area contributed by atoms with Crippen molar-refractivity contribution >= 4 is 40.4 Å². The van der Waals surface area contributed by atoms with Crippen molar-refractivity contribution in [3.05, 3.63) is 65.9 Å². The average molecular weight is 655 g/mol. The molecule has 0 unspecified atom stereocenters. The summed E-state index contributed by atoms with van der Waals surface area (Å²) in [5.74, 6) is -2.15. The molecule has 2 fully saturated rings. The molecule has 0 saturated carbocycles. The summed E-state index contributed by atoms with van der Waals surface area (Å²) in [5.41, 5.74) is 1.43. The summed E-state index contributed by atoms with van der Waals surface area (Å²) >= 11 is 0. The number of para-hydroxylation sites is 1. The van der Waals surface area contributed by atoms with Crippen molar-refractivity contribution in [3.63, 3.8) is 0 Å². The lowest BCUT2D eigenvalue weighted by Gasteiger charge is -2.34. The Kier molecular flexibility index (Phi) is 8.31. The first-order valence-corrected chi connectivity index (χ1v) is 15.6. The number of hydrogen-bond donors (Lipinski definition) is 3. The van der Waals surface area contributed by atoms with Crippen molar-refractivity contribution in [2.75, 3.05) is 50.7 Å². The molecule has 7 rings (SSSR count). The molecule has 3 N–H and O–H groups in total. The monoisotopic (exact) mass is 654 g/mol. The van der Waals surface area contributed by atoms with E-state index >= 15 is 4.39 Å². The Morgan fingerprint density at radius 2 is 1.85 bits per heavy atom. The van der Waals surface area contributed by atoms with E-state index in [4.69, 9.17) is 0 Å². The van der Waals surface area contributed by atoms with Gasteiger partial charge in [-0.15, -0.1) is 0 Å². The Morgan fingerprint density at radius 3 is 2.62 bits per heavy atom. The molecule has 0 radical (unpaired) electrons. The number of fused-ring (bicyclic) bond motifs is 1. The molecule has 4 aromatic heterocycles. The predicted molar refractivity (Wildman–Crippen MR) is 169 cm³/mol. The number of rotatable bonds is 10. The van der Waals surface area contributed by atoms with Crippen LogP contribution in [-0.2, 0) is 9.59 Å². The van der Waals surface area contributed by atoms with E-state index in [1.54, 1.807) is 9.58 Å². The van der Waals surface area contributed by atoms with Crippen LogP contribution in [0.5, 0.6) is 0 Å². The van der Waals surface area contributed by atoms with Crippen molar-refractivity contribution < 1.29 is 23.6 Å². The number of Topliss-reactive ketones (excluding diaryl/α,β-unsaturated/α-hetero) is 1. The van der Waals surface area contributed by atoms with Crippen molar-refractivity contribution in [2.45, 2.75) is 19.3 Å². The normalized spacial score (nSPS) is 15.0. The largest absolute Gasteiger partial charge is 0.359 e. The molecular formula is C31H31FN12O4. The molecule has 17 heteroatoms. The minimum Gasteiger partial charge on any atom is -0.359 e. The van der Waals surface area contributed by atoms with Gasteiger partial charge in [-0.1, -0.05) is 23.3 Å². The molecule has 246 valence electrons. The second-order valence-electron chi connectivity index (χ2n) is 11.5. The van der Waals surface area contributed by atoms with E-state index < -0.39 is 23.4 Å². The van der Waals surface area contributed by atoms with Crippen LogP contribution in [0, 0.1) is 5.82 Å². The topological polar surface area (TPSA) is 191 Å². The Morgan fingerprint density at radius 1 is 1.04 bits per heavy atom. The maximum Gasteiger partial charge on any atom is 0.295 e. The van der Waals surface area contributed by atoms with Crippen molar-refractivity contribution in [3.8, 4) is 17.1 Å². The second kappa shape index (κ2) is 13.0. The molecule has 0 bridgehead atoms. The number of likely N-dealkylation sites (tertiary alicyclic amines) is 1. The number of anilines is 1. The third-order valence-corrected chi connectivity index (χ3v) is 8.53. The van der Waals surface area contributed by atoms with Gasteiger partial charge in [0, 0.05) is 58.4 Å². The van der Waals surface area contributed by atoms with Crippen LogP contribution in [0.1, 0.15) is 40.1 Å². The second-order valence-corrected chi connectivity index (χ2v) is 11.5. The first-order valence-electron chi connectivity index (χ1n) is 15.6. The highest BCUT2D eigenvalue weighted by atomic mass is 19.1. The number of nitrogens with one attached hydrogen (secondary N) is 3. The van der Waals surface area contributed by atoms with E-state index in [9.17, 15) is 19.2 Å². The molecule has 2 saturated heterocycles. The van der Waals surface area contributed by atoms with Crippen molar-refractivity contribution in [1.29, 1.82) is 0 Å². The van der Waals surface area contributed by atoms with E-state index in [1.165, 1.54) is 17.2 Å². The fourth-order valence-corrected chi connectivity index (χ4v) is 6.03. The minimum absolute atomic E-state index is 0.0931. The fourth-order valence-electron chi connectivity index (χ4n) is 6.03. The molecule has 5 aromatic rings. The van der Waals surface area contributed by atoms with Crippen LogP contribution < -0.4 is 10.2 Å². The average Bonchev–Trinajstić information content (AvgIpc) is 3.94. The van der Waals surface area contributed by atoms with Crippen LogP contribution in [-0.4, -0.2) is 119 Å². The Labute approximate surface area is 272 Å². The summed E-state index contributed by atoms with van der Waals surface area (Å²) in [7, 11) is 0. The molecule has 0 aliphatic carbocycles. The van der Waals surface area contributed by atoms with Gasteiger partial charge in [0.25, 0.3) is 17.6 Å². The number of H-pyrrole nitrogens is 2. The van der Waals surface area contributed by atoms with Crippen LogP contribution in [0.2, 0.25) is 0 Å². The third kappa shape index (κ3) is 5.85. The van der Waals surface area contributed by atoms with Gasteiger partial charge in [-0.2, -0.15) is 9.78 Å². The Hall–Kier alpha value is -6.00. The smallest absolute Gasteiger partial charge is 0.295 e. The van der Waals surface area contributed by atoms with E-state index in [-0.39, 0.29) is 52.5 Å². The van der Waals surface area contributed by atoms with Gasteiger partial charge in [-0.05, 0) is 41.5 Å². The van der Waals surface area contributed by atoms with Crippen molar-refractivity contribution in [2.24, 2.45) is 0 Å². The lowest BCUT2D eigenvalue weighted by Crippen LogP contribution is -2.51. The fraction of sp³-hybridized carbons (Fsp3) is 0.323. The molecule has 3 amide bonds. The number of nitrogens with zero attached hydrogens (tertiary/aromatic N) is 9. The number of halogens is 1. The lowest BCUT2D eigenvalue weighted by molar-refractivity contribution is -0.128. The number of ketones is 1. The third-order valence-electron chi connectivity index (χ3n) is 8.53. The number of carbonyl (C=O) groups excluding carboxylic acids is 4.